The molecule has 0 heterocycles. The van der Waals surface area contributed by atoms with Gasteiger partial charge in [-0.25, -0.2) is 4.39 Å². The number of rotatable bonds is 3. The van der Waals surface area contributed by atoms with Crippen LogP contribution in [0, 0.1) is 29.5 Å². The Labute approximate surface area is 119 Å². The average molecular weight is 275 g/mol. The van der Waals surface area contributed by atoms with Crippen LogP contribution in [0.15, 0.2) is 24.3 Å². The third-order valence-corrected chi connectivity index (χ3v) is 6.10. The van der Waals surface area contributed by atoms with Crippen molar-refractivity contribution in [3.8, 4) is 0 Å². The van der Waals surface area contributed by atoms with Crippen LogP contribution in [0.5, 0.6) is 0 Å². The number of anilines is 1. The normalized spacial score (nSPS) is 41.9. The van der Waals surface area contributed by atoms with Crippen molar-refractivity contribution < 1.29 is 9.50 Å². The third kappa shape index (κ3) is 1.72. The van der Waals surface area contributed by atoms with E-state index in [0.717, 1.165) is 11.8 Å². The van der Waals surface area contributed by atoms with Crippen LogP contribution < -0.4 is 5.32 Å². The first-order valence-corrected chi connectivity index (χ1v) is 7.85. The quantitative estimate of drug-likeness (QED) is 0.886. The molecule has 0 saturated heterocycles. The Morgan fingerprint density at radius 2 is 1.65 bits per heavy atom. The van der Waals surface area contributed by atoms with E-state index >= 15 is 0 Å². The third-order valence-electron chi connectivity index (χ3n) is 6.10. The van der Waals surface area contributed by atoms with Gasteiger partial charge in [0.05, 0.1) is 17.8 Å². The summed E-state index contributed by atoms with van der Waals surface area (Å²) in [6.45, 7) is 0.121. The van der Waals surface area contributed by atoms with Gasteiger partial charge in [0.25, 0.3) is 0 Å². The van der Waals surface area contributed by atoms with Crippen LogP contribution in [0.4, 0.5) is 10.1 Å². The Bertz CT molecular complexity index is 487. The fourth-order valence-corrected chi connectivity index (χ4v) is 5.34. The van der Waals surface area contributed by atoms with Crippen molar-refractivity contribution >= 4 is 5.69 Å². The second-order valence-corrected chi connectivity index (χ2v) is 7.11. The van der Waals surface area contributed by atoms with Crippen molar-refractivity contribution in [3.63, 3.8) is 0 Å². The molecule has 0 atom stereocenters. The van der Waals surface area contributed by atoms with Gasteiger partial charge in [-0.1, -0.05) is 12.1 Å². The van der Waals surface area contributed by atoms with Gasteiger partial charge in [0, 0.05) is 0 Å². The van der Waals surface area contributed by atoms with Crippen LogP contribution in [0.3, 0.4) is 0 Å². The second-order valence-electron chi connectivity index (χ2n) is 7.11. The highest BCUT2D eigenvalue weighted by Gasteiger charge is 2.57. The number of aliphatic hydroxyl groups excluding tert-OH is 1. The number of hydrogen-bond acceptors (Lipinski definition) is 2. The lowest BCUT2D eigenvalue weighted by molar-refractivity contribution is -0.0656. The molecule has 4 bridgehead atoms. The zero-order valence-corrected chi connectivity index (χ0v) is 11.7. The summed E-state index contributed by atoms with van der Waals surface area (Å²) in [7, 11) is 0. The monoisotopic (exact) mass is 275 g/mol. The van der Waals surface area contributed by atoms with E-state index < -0.39 is 0 Å². The summed E-state index contributed by atoms with van der Waals surface area (Å²) in [6, 6.07) is 6.84. The van der Waals surface area contributed by atoms with Crippen molar-refractivity contribution in [1.29, 1.82) is 0 Å². The number of para-hydroxylation sites is 1. The Morgan fingerprint density at radius 1 is 1.05 bits per heavy atom. The summed E-state index contributed by atoms with van der Waals surface area (Å²) >= 11 is 0. The molecule has 4 aliphatic rings. The number of halogens is 1. The first kappa shape index (κ1) is 12.6. The van der Waals surface area contributed by atoms with Crippen LogP contribution in [-0.2, 0) is 0 Å². The highest BCUT2D eigenvalue weighted by molar-refractivity contribution is 5.48. The van der Waals surface area contributed by atoms with Gasteiger partial charge >= 0.3 is 0 Å². The maximum absolute atomic E-state index is 14.0. The molecule has 1 aromatic rings. The Balaban J connectivity index is 1.68. The van der Waals surface area contributed by atoms with Crippen LogP contribution in [0.1, 0.15) is 32.1 Å². The van der Waals surface area contributed by atoms with Gasteiger partial charge in [0.2, 0.25) is 0 Å². The maximum Gasteiger partial charge on any atom is 0.146 e. The predicted molar refractivity (Wildman–Crippen MR) is 76.9 cm³/mol. The van der Waals surface area contributed by atoms with E-state index in [1.165, 1.54) is 38.2 Å². The van der Waals surface area contributed by atoms with Gasteiger partial charge in [-0.05, 0) is 67.9 Å². The van der Waals surface area contributed by atoms with Crippen molar-refractivity contribution in [1.82, 2.24) is 0 Å². The molecule has 5 rings (SSSR count). The standard InChI is InChI=1S/C17H22FNO/c18-15-3-1-2-4-16(15)19-17(10-20)13-6-11-5-12(8-13)9-14(17)7-11/h1-4,11-14,19-20H,5-10H2. The van der Waals surface area contributed by atoms with E-state index in [-0.39, 0.29) is 18.0 Å². The molecule has 2 nitrogen and oxygen atoms in total. The number of hydrogen-bond donors (Lipinski definition) is 2. The Kier molecular flexibility index (Phi) is 2.81. The minimum Gasteiger partial charge on any atom is -0.394 e. The van der Waals surface area contributed by atoms with Crippen molar-refractivity contribution in [2.45, 2.75) is 37.6 Å². The summed E-state index contributed by atoms with van der Waals surface area (Å²) in [5.74, 6) is 2.49. The summed E-state index contributed by atoms with van der Waals surface area (Å²) in [6.07, 6.45) is 6.20. The smallest absolute Gasteiger partial charge is 0.146 e. The SMILES string of the molecule is OCC1(Nc2ccccc2F)C2CC3CC(C2)CC1C3. The molecular formula is C17H22FNO. The second kappa shape index (κ2) is 4.45. The van der Waals surface area contributed by atoms with E-state index in [0.29, 0.717) is 17.5 Å². The molecule has 0 spiro atoms. The molecule has 108 valence electrons. The number of nitrogens with one attached hydrogen (secondary N) is 1. The molecule has 0 aliphatic heterocycles. The molecule has 4 fully saturated rings. The number of aliphatic hydroxyl groups is 1. The predicted octanol–water partition coefficient (Wildman–Crippen LogP) is 3.42. The van der Waals surface area contributed by atoms with E-state index in [9.17, 15) is 9.50 Å². The van der Waals surface area contributed by atoms with Crippen molar-refractivity contribution in [2.75, 3.05) is 11.9 Å². The van der Waals surface area contributed by atoms with Crippen LogP contribution in [0.25, 0.3) is 0 Å². The van der Waals surface area contributed by atoms with Crippen LogP contribution >= 0.6 is 0 Å². The molecule has 0 aromatic heterocycles. The highest BCUT2D eigenvalue weighted by atomic mass is 19.1. The van der Waals surface area contributed by atoms with Crippen LogP contribution in [0.2, 0.25) is 0 Å². The first-order chi connectivity index (χ1) is 9.71. The van der Waals surface area contributed by atoms with Gasteiger partial charge < -0.3 is 10.4 Å². The van der Waals surface area contributed by atoms with E-state index in [1.54, 1.807) is 12.1 Å². The molecule has 0 unspecified atom stereocenters. The molecule has 20 heavy (non-hydrogen) atoms. The lowest BCUT2D eigenvalue weighted by Crippen LogP contribution is -2.63. The molecule has 0 amide bonds. The van der Waals surface area contributed by atoms with Crippen molar-refractivity contribution in [2.24, 2.45) is 23.7 Å². The fourth-order valence-electron chi connectivity index (χ4n) is 5.34. The average Bonchev–Trinajstić information content (AvgIpc) is 2.44. The fraction of sp³-hybridized carbons (Fsp3) is 0.647. The molecule has 4 saturated carbocycles. The Morgan fingerprint density at radius 3 is 2.20 bits per heavy atom. The minimum atomic E-state index is -0.296. The van der Waals surface area contributed by atoms with Gasteiger partial charge in [-0.3, -0.25) is 0 Å². The molecule has 3 heteroatoms. The molecule has 2 N–H and O–H groups in total. The molecule has 1 aromatic carbocycles. The molecule has 0 radical (unpaired) electrons. The van der Waals surface area contributed by atoms with Gasteiger partial charge in [-0.2, -0.15) is 0 Å². The summed E-state index contributed by atoms with van der Waals surface area (Å²) in [5.41, 5.74) is 0.254. The summed E-state index contributed by atoms with van der Waals surface area (Å²) in [4.78, 5) is 0. The van der Waals surface area contributed by atoms with Gasteiger partial charge in [0.1, 0.15) is 5.82 Å². The van der Waals surface area contributed by atoms with Gasteiger partial charge in [0.15, 0.2) is 0 Å². The molecule has 4 aliphatic carbocycles. The van der Waals surface area contributed by atoms with Crippen LogP contribution in [-0.4, -0.2) is 17.3 Å². The summed E-state index contributed by atoms with van der Waals surface area (Å²) in [5, 5.41) is 13.5. The minimum absolute atomic E-state index is 0.121. The zero-order chi connectivity index (χ0) is 13.7. The lowest BCUT2D eigenvalue weighted by Gasteiger charge is -2.61. The van der Waals surface area contributed by atoms with E-state index in [2.05, 4.69) is 5.32 Å². The molecular weight excluding hydrogens is 253 g/mol. The zero-order valence-electron chi connectivity index (χ0n) is 11.7. The topological polar surface area (TPSA) is 32.3 Å². The van der Waals surface area contributed by atoms with Gasteiger partial charge in [-0.15, -0.1) is 0 Å². The Hall–Kier alpha value is -1.09. The summed E-state index contributed by atoms with van der Waals surface area (Å²) < 4.78 is 14.0. The lowest BCUT2D eigenvalue weighted by atomic mass is 9.48. The first-order valence-electron chi connectivity index (χ1n) is 7.85. The largest absolute Gasteiger partial charge is 0.394 e. The van der Waals surface area contributed by atoms with E-state index in [4.69, 9.17) is 0 Å². The number of benzene rings is 1. The highest BCUT2D eigenvalue weighted by Crippen LogP contribution is 2.59. The van der Waals surface area contributed by atoms with E-state index in [1.807, 2.05) is 6.07 Å². The maximum atomic E-state index is 14.0. The van der Waals surface area contributed by atoms with Crippen molar-refractivity contribution in [3.05, 3.63) is 30.1 Å².